The number of aryl methyl sites for hydroxylation is 1. The van der Waals surface area contributed by atoms with E-state index in [1.54, 1.807) is 23.9 Å². The van der Waals surface area contributed by atoms with Crippen LogP contribution < -0.4 is 4.74 Å². The van der Waals surface area contributed by atoms with Crippen LogP contribution in [-0.4, -0.2) is 21.7 Å². The van der Waals surface area contributed by atoms with E-state index in [0.29, 0.717) is 5.88 Å². The number of methoxy groups -OCH3 is 1. The summed E-state index contributed by atoms with van der Waals surface area (Å²) >= 11 is 0. The smallest absolute Gasteiger partial charge is 0.231 e. The first-order chi connectivity index (χ1) is 5.81. The molecule has 0 aliphatic carbocycles. The van der Waals surface area contributed by atoms with Gasteiger partial charge in [0.25, 0.3) is 0 Å². The van der Waals surface area contributed by atoms with Crippen molar-refractivity contribution in [3.63, 3.8) is 0 Å². The zero-order chi connectivity index (χ0) is 8.55. The summed E-state index contributed by atoms with van der Waals surface area (Å²) < 4.78 is 6.74. The Hall–Kier alpha value is -1.58. The molecular formula is C8H9N3O. The molecule has 2 aromatic heterocycles. The van der Waals surface area contributed by atoms with Crippen LogP contribution in [0.5, 0.6) is 5.88 Å². The SMILES string of the molecule is COc1ccc2ncc(C)n2n1. The summed E-state index contributed by atoms with van der Waals surface area (Å²) in [6.45, 7) is 1.95. The average Bonchev–Trinajstić information content (AvgIpc) is 2.47. The summed E-state index contributed by atoms with van der Waals surface area (Å²) in [6.07, 6.45) is 1.78. The maximum Gasteiger partial charge on any atom is 0.231 e. The average molecular weight is 163 g/mol. The molecule has 0 saturated heterocycles. The summed E-state index contributed by atoms with van der Waals surface area (Å²) in [6, 6.07) is 3.67. The van der Waals surface area contributed by atoms with E-state index < -0.39 is 0 Å². The molecule has 0 aliphatic heterocycles. The van der Waals surface area contributed by atoms with Gasteiger partial charge in [0, 0.05) is 6.07 Å². The van der Waals surface area contributed by atoms with Crippen LogP contribution >= 0.6 is 0 Å². The predicted molar refractivity (Wildman–Crippen MR) is 44.3 cm³/mol. The van der Waals surface area contributed by atoms with Gasteiger partial charge in [-0.2, -0.15) is 0 Å². The van der Waals surface area contributed by atoms with Crippen molar-refractivity contribution in [3.8, 4) is 5.88 Å². The van der Waals surface area contributed by atoms with Crippen LogP contribution in [0.4, 0.5) is 0 Å². The first-order valence-corrected chi connectivity index (χ1v) is 3.66. The molecule has 0 saturated carbocycles. The summed E-state index contributed by atoms with van der Waals surface area (Å²) in [5.41, 5.74) is 1.84. The third-order valence-electron chi connectivity index (χ3n) is 1.72. The Balaban J connectivity index is 2.71. The fourth-order valence-corrected chi connectivity index (χ4v) is 1.08. The maximum atomic E-state index is 4.99. The van der Waals surface area contributed by atoms with E-state index in [1.165, 1.54) is 0 Å². The van der Waals surface area contributed by atoms with Crippen molar-refractivity contribution in [1.82, 2.24) is 14.6 Å². The third-order valence-corrected chi connectivity index (χ3v) is 1.72. The molecule has 2 heterocycles. The van der Waals surface area contributed by atoms with Crippen molar-refractivity contribution < 1.29 is 4.74 Å². The first kappa shape index (κ1) is 7.09. The lowest BCUT2D eigenvalue weighted by atomic mass is 10.5. The van der Waals surface area contributed by atoms with Crippen molar-refractivity contribution in [2.24, 2.45) is 0 Å². The predicted octanol–water partition coefficient (Wildman–Crippen LogP) is 1.05. The molecule has 0 atom stereocenters. The van der Waals surface area contributed by atoms with Gasteiger partial charge < -0.3 is 4.74 Å². The molecule has 4 nitrogen and oxygen atoms in total. The highest BCUT2D eigenvalue weighted by atomic mass is 16.5. The van der Waals surface area contributed by atoms with Crippen LogP contribution in [0.25, 0.3) is 5.65 Å². The molecule has 0 radical (unpaired) electrons. The van der Waals surface area contributed by atoms with Crippen LogP contribution in [0.1, 0.15) is 5.69 Å². The largest absolute Gasteiger partial charge is 0.480 e. The van der Waals surface area contributed by atoms with Gasteiger partial charge in [0.1, 0.15) is 0 Å². The Kier molecular flexibility index (Phi) is 1.46. The van der Waals surface area contributed by atoms with Gasteiger partial charge in [0.15, 0.2) is 5.65 Å². The van der Waals surface area contributed by atoms with Gasteiger partial charge in [-0.3, -0.25) is 0 Å². The zero-order valence-electron chi connectivity index (χ0n) is 6.98. The Morgan fingerprint density at radius 2 is 2.25 bits per heavy atom. The molecule has 2 aromatic rings. The zero-order valence-corrected chi connectivity index (χ0v) is 6.98. The second kappa shape index (κ2) is 2.48. The summed E-state index contributed by atoms with van der Waals surface area (Å²) in [5, 5.41) is 4.19. The number of hydrogen-bond acceptors (Lipinski definition) is 3. The van der Waals surface area contributed by atoms with Crippen molar-refractivity contribution in [2.45, 2.75) is 6.92 Å². The number of imidazole rings is 1. The number of nitrogens with zero attached hydrogens (tertiary/aromatic N) is 3. The molecule has 0 fully saturated rings. The Morgan fingerprint density at radius 3 is 3.00 bits per heavy atom. The first-order valence-electron chi connectivity index (χ1n) is 3.66. The van der Waals surface area contributed by atoms with E-state index in [1.807, 2.05) is 13.0 Å². The number of fused-ring (bicyclic) bond motifs is 1. The van der Waals surface area contributed by atoms with E-state index in [9.17, 15) is 0 Å². The standard InChI is InChI=1S/C8H9N3O/c1-6-5-9-7-3-4-8(12-2)10-11(6)7/h3-5H,1-2H3. The van der Waals surface area contributed by atoms with Crippen LogP contribution in [0.15, 0.2) is 18.3 Å². The van der Waals surface area contributed by atoms with Crippen LogP contribution in [0.3, 0.4) is 0 Å². The summed E-state index contributed by atoms with van der Waals surface area (Å²) in [5.74, 6) is 0.601. The van der Waals surface area contributed by atoms with Gasteiger partial charge >= 0.3 is 0 Å². The molecule has 0 amide bonds. The van der Waals surface area contributed by atoms with Gasteiger partial charge in [-0.05, 0) is 13.0 Å². The number of aromatic nitrogens is 3. The highest BCUT2D eigenvalue weighted by Crippen LogP contribution is 2.08. The second-order valence-electron chi connectivity index (χ2n) is 2.55. The Morgan fingerprint density at radius 1 is 1.42 bits per heavy atom. The minimum Gasteiger partial charge on any atom is -0.480 e. The molecule has 0 aromatic carbocycles. The quantitative estimate of drug-likeness (QED) is 0.630. The third kappa shape index (κ3) is 0.922. The van der Waals surface area contributed by atoms with Crippen molar-refractivity contribution in [3.05, 3.63) is 24.0 Å². The molecule has 2 rings (SSSR count). The lowest BCUT2D eigenvalue weighted by Gasteiger charge is -1.98. The fraction of sp³-hybridized carbons (Fsp3) is 0.250. The molecule has 12 heavy (non-hydrogen) atoms. The van der Waals surface area contributed by atoms with Crippen LogP contribution in [-0.2, 0) is 0 Å². The van der Waals surface area contributed by atoms with E-state index in [0.717, 1.165) is 11.3 Å². The lowest BCUT2D eigenvalue weighted by Crippen LogP contribution is -1.96. The molecule has 0 bridgehead atoms. The number of rotatable bonds is 1. The maximum absolute atomic E-state index is 4.99. The van der Waals surface area contributed by atoms with Gasteiger partial charge in [-0.15, -0.1) is 5.10 Å². The van der Waals surface area contributed by atoms with Crippen molar-refractivity contribution >= 4 is 5.65 Å². The van der Waals surface area contributed by atoms with Gasteiger partial charge in [-0.1, -0.05) is 0 Å². The van der Waals surface area contributed by atoms with E-state index >= 15 is 0 Å². The Bertz CT molecular complexity index is 408. The molecular weight excluding hydrogens is 154 g/mol. The molecule has 0 N–H and O–H groups in total. The molecule has 4 heteroatoms. The highest BCUT2D eigenvalue weighted by Gasteiger charge is 2.00. The Labute approximate surface area is 69.8 Å². The number of hydrogen-bond donors (Lipinski definition) is 0. The molecule has 0 unspecified atom stereocenters. The van der Waals surface area contributed by atoms with Gasteiger partial charge in [0.2, 0.25) is 5.88 Å². The van der Waals surface area contributed by atoms with E-state index in [-0.39, 0.29) is 0 Å². The summed E-state index contributed by atoms with van der Waals surface area (Å²) in [4.78, 5) is 4.14. The van der Waals surface area contributed by atoms with Gasteiger partial charge in [-0.25, -0.2) is 9.50 Å². The lowest BCUT2D eigenvalue weighted by molar-refractivity contribution is 0.389. The minimum absolute atomic E-state index is 0.601. The van der Waals surface area contributed by atoms with Crippen LogP contribution in [0, 0.1) is 6.92 Å². The minimum atomic E-state index is 0.601. The molecule has 0 aliphatic rings. The van der Waals surface area contributed by atoms with E-state index in [4.69, 9.17) is 4.74 Å². The number of ether oxygens (including phenoxy) is 1. The normalized spacial score (nSPS) is 10.5. The van der Waals surface area contributed by atoms with Crippen molar-refractivity contribution in [2.75, 3.05) is 7.11 Å². The highest BCUT2D eigenvalue weighted by molar-refractivity contribution is 5.39. The van der Waals surface area contributed by atoms with Crippen LogP contribution in [0.2, 0.25) is 0 Å². The monoisotopic (exact) mass is 163 g/mol. The fourth-order valence-electron chi connectivity index (χ4n) is 1.08. The molecule has 0 spiro atoms. The van der Waals surface area contributed by atoms with Crippen molar-refractivity contribution in [1.29, 1.82) is 0 Å². The van der Waals surface area contributed by atoms with Gasteiger partial charge in [0.05, 0.1) is 19.0 Å². The van der Waals surface area contributed by atoms with E-state index in [2.05, 4.69) is 10.1 Å². The topological polar surface area (TPSA) is 39.4 Å². The summed E-state index contributed by atoms with van der Waals surface area (Å²) in [7, 11) is 1.60. The second-order valence-corrected chi connectivity index (χ2v) is 2.55. The molecule has 62 valence electrons.